The molecule has 0 atom stereocenters. The van der Waals surface area contributed by atoms with Crippen LogP contribution in [0.4, 0.5) is 13.2 Å². The van der Waals surface area contributed by atoms with E-state index in [-0.39, 0.29) is 11.4 Å². The fraction of sp³-hybridized carbons (Fsp3) is 0.182. The number of hydrogen-bond acceptors (Lipinski definition) is 2. The van der Waals surface area contributed by atoms with Gasteiger partial charge in [0.05, 0.1) is 11.6 Å². The molecule has 0 spiro atoms. The van der Waals surface area contributed by atoms with Crippen LogP contribution in [0.5, 0.6) is 5.75 Å². The number of hydrogen-bond donors (Lipinski definition) is 0. The van der Waals surface area contributed by atoms with Crippen LogP contribution in [-0.2, 0) is 0 Å². The smallest absolute Gasteiger partial charge is 0.333 e. The van der Waals surface area contributed by atoms with E-state index in [0.717, 1.165) is 6.20 Å². The molecule has 0 bridgehead atoms. The Labute approximate surface area is 109 Å². The van der Waals surface area contributed by atoms with Crippen LogP contribution in [0.3, 0.4) is 0 Å². The predicted octanol–water partition coefficient (Wildman–Crippen LogP) is 3.86. The monoisotopic (exact) mass is 320 g/mol. The second kappa shape index (κ2) is 5.01. The fourth-order valence-electron chi connectivity index (χ4n) is 1.48. The molecule has 0 unspecified atom stereocenters. The van der Waals surface area contributed by atoms with Gasteiger partial charge in [-0.25, -0.2) is 9.07 Å². The van der Waals surface area contributed by atoms with E-state index in [9.17, 15) is 13.2 Å². The van der Waals surface area contributed by atoms with E-state index >= 15 is 0 Å². The van der Waals surface area contributed by atoms with Gasteiger partial charge in [0.2, 0.25) is 0 Å². The standard InChI is InChI=1S/C11H8BrF3N2O/c1-18-9-3-2-6(4-8(9)13)10-7(12)5-17(16-10)11(14)15/h2-5,11H,1H3. The van der Waals surface area contributed by atoms with Gasteiger partial charge >= 0.3 is 6.55 Å². The Balaban J connectivity index is 2.45. The van der Waals surface area contributed by atoms with Crippen molar-refractivity contribution in [1.82, 2.24) is 9.78 Å². The van der Waals surface area contributed by atoms with E-state index in [1.54, 1.807) is 6.07 Å². The molecule has 0 radical (unpaired) electrons. The third-order valence-electron chi connectivity index (χ3n) is 2.31. The molecular weight excluding hydrogens is 313 g/mol. The third-order valence-corrected chi connectivity index (χ3v) is 2.89. The molecule has 0 aliphatic rings. The third kappa shape index (κ3) is 2.35. The maximum Gasteiger partial charge on any atom is 0.333 e. The summed E-state index contributed by atoms with van der Waals surface area (Å²) in [6.45, 7) is -2.74. The van der Waals surface area contributed by atoms with Gasteiger partial charge in [-0.3, -0.25) is 0 Å². The maximum absolute atomic E-state index is 13.5. The van der Waals surface area contributed by atoms with Gasteiger partial charge in [0, 0.05) is 11.8 Å². The molecule has 2 aromatic rings. The largest absolute Gasteiger partial charge is 0.494 e. The van der Waals surface area contributed by atoms with Crippen molar-refractivity contribution in [2.45, 2.75) is 6.55 Å². The number of rotatable bonds is 3. The summed E-state index contributed by atoms with van der Waals surface area (Å²) in [6, 6.07) is 4.14. The molecule has 0 N–H and O–H groups in total. The van der Waals surface area contributed by atoms with Gasteiger partial charge in [0.1, 0.15) is 5.69 Å². The van der Waals surface area contributed by atoms with Crippen LogP contribution in [0.25, 0.3) is 11.3 Å². The topological polar surface area (TPSA) is 27.1 Å². The number of benzene rings is 1. The summed E-state index contributed by atoms with van der Waals surface area (Å²) >= 11 is 3.11. The van der Waals surface area contributed by atoms with E-state index < -0.39 is 12.4 Å². The number of methoxy groups -OCH3 is 1. The van der Waals surface area contributed by atoms with Crippen LogP contribution < -0.4 is 4.74 Å². The number of aromatic nitrogens is 2. The highest BCUT2D eigenvalue weighted by Crippen LogP contribution is 2.30. The van der Waals surface area contributed by atoms with Crippen molar-refractivity contribution in [3.8, 4) is 17.0 Å². The summed E-state index contributed by atoms with van der Waals surface area (Å²) in [4.78, 5) is 0. The van der Waals surface area contributed by atoms with Crippen LogP contribution >= 0.6 is 15.9 Å². The van der Waals surface area contributed by atoms with Crippen LogP contribution in [0, 0.1) is 5.82 Å². The predicted molar refractivity (Wildman–Crippen MR) is 63.1 cm³/mol. The molecule has 0 saturated carbocycles. The van der Waals surface area contributed by atoms with Gasteiger partial charge in [-0.05, 0) is 34.1 Å². The van der Waals surface area contributed by atoms with Crippen LogP contribution in [0.1, 0.15) is 6.55 Å². The van der Waals surface area contributed by atoms with E-state index in [1.807, 2.05) is 0 Å². The highest BCUT2D eigenvalue weighted by atomic mass is 79.9. The Kier molecular flexibility index (Phi) is 3.60. The molecule has 96 valence electrons. The average Bonchev–Trinajstić information content (AvgIpc) is 2.71. The van der Waals surface area contributed by atoms with Crippen molar-refractivity contribution < 1.29 is 17.9 Å². The minimum Gasteiger partial charge on any atom is -0.494 e. The zero-order valence-corrected chi connectivity index (χ0v) is 10.8. The van der Waals surface area contributed by atoms with Crippen molar-refractivity contribution in [1.29, 1.82) is 0 Å². The quantitative estimate of drug-likeness (QED) is 0.858. The molecule has 0 aliphatic carbocycles. The first-order valence-corrected chi connectivity index (χ1v) is 5.69. The molecule has 0 fully saturated rings. The lowest BCUT2D eigenvalue weighted by Gasteiger charge is -2.03. The number of halogens is 4. The first-order chi connectivity index (χ1) is 8.52. The minimum absolute atomic E-state index is 0.0863. The first-order valence-electron chi connectivity index (χ1n) is 4.89. The lowest BCUT2D eigenvalue weighted by Crippen LogP contribution is -1.98. The first kappa shape index (κ1) is 12.9. The Bertz CT molecular complexity index is 571. The summed E-state index contributed by atoms with van der Waals surface area (Å²) in [6.07, 6.45) is 1.14. The van der Waals surface area contributed by atoms with E-state index in [2.05, 4.69) is 21.0 Å². The Morgan fingerprint density at radius 3 is 2.61 bits per heavy atom. The second-order valence-electron chi connectivity index (χ2n) is 3.43. The summed E-state index contributed by atoms with van der Waals surface area (Å²) in [5.74, 6) is -0.489. The normalized spacial score (nSPS) is 11.0. The molecule has 1 aromatic heterocycles. The van der Waals surface area contributed by atoms with Crippen molar-refractivity contribution in [2.24, 2.45) is 0 Å². The van der Waals surface area contributed by atoms with Gasteiger partial charge in [-0.15, -0.1) is 0 Å². The van der Waals surface area contributed by atoms with Crippen LogP contribution in [-0.4, -0.2) is 16.9 Å². The molecular formula is C11H8BrF3N2O. The molecule has 0 saturated heterocycles. The molecule has 18 heavy (non-hydrogen) atoms. The summed E-state index contributed by atoms with van der Waals surface area (Å²) in [5, 5.41) is 3.69. The Morgan fingerprint density at radius 1 is 1.39 bits per heavy atom. The van der Waals surface area contributed by atoms with Gasteiger partial charge in [-0.2, -0.15) is 13.9 Å². The highest BCUT2D eigenvalue weighted by Gasteiger charge is 2.15. The molecule has 0 amide bonds. The van der Waals surface area contributed by atoms with Crippen molar-refractivity contribution in [3.05, 3.63) is 34.7 Å². The van der Waals surface area contributed by atoms with E-state index in [4.69, 9.17) is 4.74 Å². The Morgan fingerprint density at radius 2 is 2.11 bits per heavy atom. The zero-order valence-electron chi connectivity index (χ0n) is 9.20. The molecule has 1 heterocycles. The highest BCUT2D eigenvalue weighted by molar-refractivity contribution is 9.10. The lowest BCUT2D eigenvalue weighted by molar-refractivity contribution is 0.0568. The summed E-state index contributed by atoms with van der Waals surface area (Å²) in [7, 11) is 1.35. The Hall–Kier alpha value is -1.50. The minimum atomic E-state index is -2.74. The molecule has 0 aliphatic heterocycles. The SMILES string of the molecule is COc1ccc(-c2nn(C(F)F)cc2Br)cc1F. The molecule has 7 heteroatoms. The van der Waals surface area contributed by atoms with Gasteiger partial charge in [-0.1, -0.05) is 0 Å². The molecule has 1 aromatic carbocycles. The van der Waals surface area contributed by atoms with Crippen LogP contribution in [0.2, 0.25) is 0 Å². The summed E-state index contributed by atoms with van der Waals surface area (Å²) < 4.78 is 44.1. The van der Waals surface area contributed by atoms with Crippen molar-refractivity contribution in [3.63, 3.8) is 0 Å². The van der Waals surface area contributed by atoms with Crippen molar-refractivity contribution in [2.75, 3.05) is 7.11 Å². The lowest BCUT2D eigenvalue weighted by atomic mass is 10.1. The van der Waals surface area contributed by atoms with Crippen molar-refractivity contribution >= 4 is 15.9 Å². The number of nitrogens with zero attached hydrogens (tertiary/aromatic N) is 2. The number of alkyl halides is 2. The molecule has 2 rings (SSSR count). The number of ether oxygens (including phenoxy) is 1. The van der Waals surface area contributed by atoms with Gasteiger partial charge < -0.3 is 4.74 Å². The van der Waals surface area contributed by atoms with Crippen LogP contribution in [0.15, 0.2) is 28.9 Å². The summed E-state index contributed by atoms with van der Waals surface area (Å²) in [5.41, 5.74) is 0.636. The van der Waals surface area contributed by atoms with E-state index in [1.165, 1.54) is 19.2 Å². The van der Waals surface area contributed by atoms with E-state index in [0.29, 0.717) is 14.7 Å². The van der Waals surface area contributed by atoms with Gasteiger partial charge in [0.25, 0.3) is 0 Å². The molecule has 3 nitrogen and oxygen atoms in total. The fourth-order valence-corrected chi connectivity index (χ4v) is 2.00. The zero-order chi connectivity index (χ0) is 13.3. The average molecular weight is 321 g/mol. The van der Waals surface area contributed by atoms with Gasteiger partial charge in [0.15, 0.2) is 11.6 Å². The second-order valence-corrected chi connectivity index (χ2v) is 4.29. The maximum atomic E-state index is 13.5.